The molecule has 0 fully saturated rings. The average Bonchev–Trinajstić information content (AvgIpc) is 2.65. The van der Waals surface area contributed by atoms with Gasteiger partial charge in [-0.2, -0.15) is 0 Å². The molecule has 0 amide bonds. The predicted molar refractivity (Wildman–Crippen MR) is 103 cm³/mol. The van der Waals surface area contributed by atoms with Crippen LogP contribution in [-0.4, -0.2) is 5.87 Å². The van der Waals surface area contributed by atoms with Gasteiger partial charge in [0.1, 0.15) is 0 Å². The van der Waals surface area contributed by atoms with Gasteiger partial charge in [-0.05, 0) is 35.0 Å². The minimum atomic E-state index is 0.799. The van der Waals surface area contributed by atoms with Crippen molar-refractivity contribution in [1.29, 1.82) is 0 Å². The lowest BCUT2D eigenvalue weighted by atomic mass is 9.99. The van der Waals surface area contributed by atoms with Crippen LogP contribution in [0.3, 0.4) is 0 Å². The van der Waals surface area contributed by atoms with E-state index in [0.717, 1.165) is 34.4 Å². The second kappa shape index (κ2) is 7.92. The second-order valence-corrected chi connectivity index (χ2v) is 5.45. The highest BCUT2D eigenvalue weighted by Gasteiger charge is 2.04. The van der Waals surface area contributed by atoms with Gasteiger partial charge < -0.3 is 0 Å². The van der Waals surface area contributed by atoms with Crippen molar-refractivity contribution in [2.45, 2.75) is 6.42 Å². The molecule has 0 heterocycles. The fraction of sp³-hybridized carbons (Fsp3) is 0.0435. The first-order valence-corrected chi connectivity index (χ1v) is 8.02. The molecule has 0 radical (unpaired) electrons. The molecule has 1 nitrogen and oxygen atoms in total. The molecule has 0 unspecified atom stereocenters. The van der Waals surface area contributed by atoms with E-state index in [-0.39, 0.29) is 0 Å². The van der Waals surface area contributed by atoms with E-state index in [1.807, 2.05) is 60.7 Å². The molecule has 0 bridgehead atoms. The van der Waals surface area contributed by atoms with Crippen LogP contribution >= 0.6 is 0 Å². The molecule has 0 saturated carbocycles. The monoisotopic (exact) mass is 309 g/mol. The van der Waals surface area contributed by atoms with Gasteiger partial charge in [0.15, 0.2) is 0 Å². The summed E-state index contributed by atoms with van der Waals surface area (Å²) in [4.78, 5) is 4.64. The molecule has 0 aromatic heterocycles. The van der Waals surface area contributed by atoms with Crippen molar-refractivity contribution in [2.24, 2.45) is 4.99 Å². The zero-order valence-corrected chi connectivity index (χ0v) is 13.5. The lowest BCUT2D eigenvalue weighted by molar-refractivity contribution is 1.26. The smallest absolute Gasteiger partial charge is 0.0765 e. The van der Waals surface area contributed by atoms with E-state index < -0.39 is 0 Å². The van der Waals surface area contributed by atoms with Crippen LogP contribution in [-0.2, 0) is 6.42 Å². The van der Waals surface area contributed by atoms with E-state index in [0.29, 0.717) is 0 Å². The van der Waals surface area contributed by atoms with E-state index in [1.54, 1.807) is 0 Å². The van der Waals surface area contributed by atoms with Crippen LogP contribution < -0.4 is 0 Å². The summed E-state index contributed by atoms with van der Waals surface area (Å²) in [5, 5.41) is 0. The Hall–Kier alpha value is -3.15. The van der Waals surface area contributed by atoms with E-state index >= 15 is 0 Å². The van der Waals surface area contributed by atoms with Gasteiger partial charge in [-0.3, -0.25) is 0 Å². The third-order valence-electron chi connectivity index (χ3n) is 3.77. The molecule has 3 aromatic rings. The zero-order valence-electron chi connectivity index (χ0n) is 13.5. The number of para-hydroxylation sites is 1. The Morgan fingerprint density at radius 3 is 1.92 bits per heavy atom. The van der Waals surface area contributed by atoms with Gasteiger partial charge >= 0.3 is 0 Å². The topological polar surface area (TPSA) is 12.4 Å². The molecular formula is C23H19N. The highest BCUT2D eigenvalue weighted by molar-refractivity contribution is 5.99. The Labute approximate surface area is 143 Å². The maximum Gasteiger partial charge on any atom is 0.0765 e. The van der Waals surface area contributed by atoms with Crippen LogP contribution in [0.25, 0.3) is 5.57 Å². The Kier molecular flexibility index (Phi) is 5.19. The van der Waals surface area contributed by atoms with Crippen molar-refractivity contribution in [3.8, 4) is 0 Å². The number of benzene rings is 3. The van der Waals surface area contributed by atoms with Crippen molar-refractivity contribution < 1.29 is 0 Å². The van der Waals surface area contributed by atoms with E-state index in [1.165, 1.54) is 0 Å². The molecule has 1 heteroatoms. The van der Waals surface area contributed by atoms with E-state index in [2.05, 4.69) is 47.8 Å². The van der Waals surface area contributed by atoms with Crippen LogP contribution in [0.5, 0.6) is 0 Å². The third-order valence-corrected chi connectivity index (χ3v) is 3.77. The van der Waals surface area contributed by atoms with Gasteiger partial charge in [0.05, 0.1) is 11.3 Å². The number of hydrogen-bond donors (Lipinski definition) is 0. The highest BCUT2D eigenvalue weighted by Crippen LogP contribution is 2.23. The molecule has 3 rings (SSSR count). The van der Waals surface area contributed by atoms with Crippen LogP contribution in [0, 0.1) is 0 Å². The summed E-state index contributed by atoms with van der Waals surface area (Å²) in [6.45, 7) is 3.82. The normalized spacial score (nSPS) is 9.83. The zero-order chi connectivity index (χ0) is 16.6. The van der Waals surface area contributed by atoms with Crippen molar-refractivity contribution in [2.75, 3.05) is 0 Å². The maximum absolute atomic E-state index is 4.64. The second-order valence-electron chi connectivity index (χ2n) is 5.45. The van der Waals surface area contributed by atoms with Crippen molar-refractivity contribution in [3.05, 3.63) is 114 Å². The summed E-state index contributed by atoms with van der Waals surface area (Å²) >= 11 is 0. The van der Waals surface area contributed by atoms with Crippen molar-refractivity contribution in [1.82, 2.24) is 0 Å². The molecule has 0 spiro atoms. The highest BCUT2D eigenvalue weighted by atomic mass is 14.7. The SMILES string of the molecule is C=CCc1ccccc1N=C=C(c1ccccc1)c1ccccc1. The molecule has 0 aliphatic heterocycles. The maximum atomic E-state index is 4.64. The summed E-state index contributed by atoms with van der Waals surface area (Å²) < 4.78 is 0. The fourth-order valence-corrected chi connectivity index (χ4v) is 2.57. The van der Waals surface area contributed by atoms with Crippen molar-refractivity contribution in [3.63, 3.8) is 0 Å². The van der Waals surface area contributed by atoms with Gasteiger partial charge in [0, 0.05) is 0 Å². The molecule has 0 atom stereocenters. The summed E-state index contributed by atoms with van der Waals surface area (Å²) in [7, 11) is 0. The van der Waals surface area contributed by atoms with E-state index in [4.69, 9.17) is 0 Å². The first-order valence-electron chi connectivity index (χ1n) is 8.02. The fourth-order valence-electron chi connectivity index (χ4n) is 2.57. The van der Waals surface area contributed by atoms with E-state index in [9.17, 15) is 0 Å². The quantitative estimate of drug-likeness (QED) is 0.414. The summed E-state index contributed by atoms with van der Waals surface area (Å²) in [5.74, 6) is 3.27. The molecule has 0 N–H and O–H groups in total. The third kappa shape index (κ3) is 3.78. The van der Waals surface area contributed by atoms with Crippen LogP contribution in [0.2, 0.25) is 0 Å². The standard InChI is InChI=1S/C23H19N/c1-2-11-21-16-9-10-17-23(21)24-18-22(19-12-5-3-6-13-19)20-14-7-4-8-15-20/h2-10,12-17H,1,11H2. The van der Waals surface area contributed by atoms with Crippen LogP contribution in [0.15, 0.2) is 103 Å². The lowest BCUT2D eigenvalue weighted by Gasteiger charge is -2.05. The van der Waals surface area contributed by atoms with Gasteiger partial charge in [-0.15, -0.1) is 6.58 Å². The largest absolute Gasteiger partial charge is 0.205 e. The Morgan fingerprint density at radius 2 is 1.33 bits per heavy atom. The number of aliphatic imine (C=N–C) groups is 1. The summed E-state index contributed by atoms with van der Waals surface area (Å²) in [5.41, 5.74) is 5.29. The Bertz CT molecular complexity index is 829. The molecule has 24 heavy (non-hydrogen) atoms. The minimum absolute atomic E-state index is 0.799. The molecule has 0 aliphatic rings. The first kappa shape index (κ1) is 15.7. The first-order chi connectivity index (χ1) is 11.9. The number of nitrogens with zero attached hydrogens (tertiary/aromatic N) is 1. The summed E-state index contributed by atoms with van der Waals surface area (Å²) in [6.07, 6.45) is 2.70. The minimum Gasteiger partial charge on any atom is -0.205 e. The number of allylic oxidation sites excluding steroid dienone is 1. The van der Waals surface area contributed by atoms with Gasteiger partial charge in [-0.25, -0.2) is 4.99 Å². The van der Waals surface area contributed by atoms with Gasteiger partial charge in [-0.1, -0.05) is 84.9 Å². The van der Waals surface area contributed by atoms with Gasteiger partial charge in [0.2, 0.25) is 0 Å². The Balaban J connectivity index is 2.13. The molecule has 0 saturated heterocycles. The van der Waals surface area contributed by atoms with Crippen molar-refractivity contribution >= 4 is 17.1 Å². The lowest BCUT2D eigenvalue weighted by Crippen LogP contribution is -1.88. The number of rotatable bonds is 5. The molecule has 116 valence electrons. The molecule has 3 aromatic carbocycles. The number of hydrogen-bond acceptors (Lipinski definition) is 1. The predicted octanol–water partition coefficient (Wildman–Crippen LogP) is 5.85. The average molecular weight is 309 g/mol. The van der Waals surface area contributed by atoms with Crippen LogP contribution in [0.1, 0.15) is 16.7 Å². The molecular weight excluding hydrogens is 290 g/mol. The van der Waals surface area contributed by atoms with Crippen LogP contribution in [0.4, 0.5) is 5.69 Å². The van der Waals surface area contributed by atoms with Gasteiger partial charge in [0.25, 0.3) is 0 Å². The summed E-state index contributed by atoms with van der Waals surface area (Å²) in [6, 6.07) is 28.6. The molecule has 0 aliphatic carbocycles. The Morgan fingerprint density at radius 1 is 0.792 bits per heavy atom.